The fourth-order valence-electron chi connectivity index (χ4n) is 2.62. The minimum Gasteiger partial charge on any atom is -0.496 e. The molecule has 1 unspecified atom stereocenters. The number of para-hydroxylation sites is 1. The van der Waals surface area contributed by atoms with Crippen molar-refractivity contribution in [3.05, 3.63) is 64.7 Å². The smallest absolute Gasteiger partial charge is 0.124 e. The molecule has 0 amide bonds. The van der Waals surface area contributed by atoms with Crippen LogP contribution in [0.4, 0.5) is 0 Å². The third-order valence-corrected chi connectivity index (χ3v) is 3.61. The van der Waals surface area contributed by atoms with E-state index in [4.69, 9.17) is 10.5 Å². The van der Waals surface area contributed by atoms with Crippen molar-refractivity contribution in [1.29, 1.82) is 0 Å². The molecule has 100 valence electrons. The van der Waals surface area contributed by atoms with E-state index in [2.05, 4.69) is 32.0 Å². The molecule has 0 saturated heterocycles. The summed E-state index contributed by atoms with van der Waals surface area (Å²) < 4.78 is 5.44. The predicted molar refractivity (Wildman–Crippen MR) is 79.6 cm³/mol. The molecule has 0 bridgehead atoms. The van der Waals surface area contributed by atoms with Crippen LogP contribution < -0.4 is 10.5 Å². The van der Waals surface area contributed by atoms with Gasteiger partial charge in [-0.2, -0.15) is 0 Å². The Morgan fingerprint density at radius 2 is 1.68 bits per heavy atom. The predicted octanol–water partition coefficient (Wildman–Crippen LogP) is 3.53. The van der Waals surface area contributed by atoms with Crippen molar-refractivity contribution in [2.45, 2.75) is 26.3 Å². The van der Waals surface area contributed by atoms with Gasteiger partial charge in [0.05, 0.1) is 12.6 Å². The number of hydrogen-bond acceptors (Lipinski definition) is 2. The number of ether oxygens (including phenoxy) is 1. The average Bonchev–Trinajstić information content (AvgIpc) is 2.38. The fraction of sp³-hybridized carbons (Fsp3) is 0.294. The Balaban J connectivity index is 2.58. The Morgan fingerprint density at radius 3 is 2.32 bits per heavy atom. The number of methoxy groups -OCH3 is 1. The van der Waals surface area contributed by atoms with Gasteiger partial charge in [0.15, 0.2) is 0 Å². The van der Waals surface area contributed by atoms with Gasteiger partial charge in [0, 0.05) is 5.56 Å². The molecule has 2 aromatic rings. The summed E-state index contributed by atoms with van der Waals surface area (Å²) in [5.41, 5.74) is 10.6. The van der Waals surface area contributed by atoms with Crippen molar-refractivity contribution in [2.75, 3.05) is 7.11 Å². The van der Waals surface area contributed by atoms with E-state index in [9.17, 15) is 0 Å². The van der Waals surface area contributed by atoms with Crippen LogP contribution >= 0.6 is 0 Å². The molecular formula is C17H21NO. The van der Waals surface area contributed by atoms with Crippen LogP contribution in [0.3, 0.4) is 0 Å². The third-order valence-electron chi connectivity index (χ3n) is 3.61. The molecule has 0 spiro atoms. The summed E-state index contributed by atoms with van der Waals surface area (Å²) in [4.78, 5) is 0. The Morgan fingerprint density at radius 1 is 1.00 bits per heavy atom. The minimum atomic E-state index is -0.565. The lowest BCUT2D eigenvalue weighted by atomic mass is 9.82. The molecule has 0 fully saturated rings. The average molecular weight is 255 g/mol. The van der Waals surface area contributed by atoms with Crippen LogP contribution in [-0.4, -0.2) is 7.11 Å². The Labute approximate surface area is 115 Å². The van der Waals surface area contributed by atoms with Crippen molar-refractivity contribution in [2.24, 2.45) is 5.73 Å². The molecule has 0 radical (unpaired) electrons. The highest BCUT2D eigenvalue weighted by Crippen LogP contribution is 2.34. The highest BCUT2D eigenvalue weighted by Gasteiger charge is 2.28. The van der Waals surface area contributed by atoms with Crippen LogP contribution in [0.2, 0.25) is 0 Å². The van der Waals surface area contributed by atoms with Crippen molar-refractivity contribution < 1.29 is 4.74 Å². The first-order valence-electron chi connectivity index (χ1n) is 6.47. The first kappa shape index (κ1) is 13.6. The number of nitrogens with two attached hydrogens (primary N) is 1. The van der Waals surface area contributed by atoms with Gasteiger partial charge >= 0.3 is 0 Å². The van der Waals surface area contributed by atoms with Crippen molar-refractivity contribution >= 4 is 0 Å². The van der Waals surface area contributed by atoms with Crippen LogP contribution in [0, 0.1) is 13.8 Å². The molecule has 2 nitrogen and oxygen atoms in total. The molecule has 2 aromatic carbocycles. The lowest BCUT2D eigenvalue weighted by Crippen LogP contribution is -2.35. The second kappa shape index (κ2) is 5.06. The highest BCUT2D eigenvalue weighted by molar-refractivity contribution is 5.48. The summed E-state index contributed by atoms with van der Waals surface area (Å²) in [6.07, 6.45) is 0. The molecule has 0 aliphatic rings. The van der Waals surface area contributed by atoms with E-state index < -0.39 is 5.54 Å². The zero-order chi connectivity index (χ0) is 14.0. The van der Waals surface area contributed by atoms with Gasteiger partial charge in [0.25, 0.3) is 0 Å². The standard InChI is InChI=1S/C17H21NO/c1-12-9-10-14(13(2)11-12)17(3,18)15-7-5-6-8-16(15)19-4/h5-11H,18H2,1-4H3. The Hall–Kier alpha value is -1.80. The van der Waals surface area contributed by atoms with Gasteiger partial charge in [0.1, 0.15) is 5.75 Å². The maximum atomic E-state index is 6.61. The summed E-state index contributed by atoms with van der Waals surface area (Å²) >= 11 is 0. The van der Waals surface area contributed by atoms with E-state index in [0.717, 1.165) is 16.9 Å². The fourth-order valence-corrected chi connectivity index (χ4v) is 2.62. The lowest BCUT2D eigenvalue weighted by Gasteiger charge is -2.29. The van der Waals surface area contributed by atoms with Gasteiger partial charge in [-0.1, -0.05) is 42.0 Å². The summed E-state index contributed by atoms with van der Waals surface area (Å²) in [5, 5.41) is 0. The molecular weight excluding hydrogens is 234 g/mol. The van der Waals surface area contributed by atoms with Gasteiger partial charge in [-0.05, 0) is 38.0 Å². The minimum absolute atomic E-state index is 0.565. The molecule has 1 atom stereocenters. The Bertz CT molecular complexity index is 588. The molecule has 2 rings (SSSR count). The summed E-state index contributed by atoms with van der Waals surface area (Å²) in [6, 6.07) is 14.3. The second-order valence-corrected chi connectivity index (χ2v) is 5.22. The molecule has 0 aromatic heterocycles. The maximum absolute atomic E-state index is 6.61. The van der Waals surface area contributed by atoms with Crippen molar-refractivity contribution in [1.82, 2.24) is 0 Å². The topological polar surface area (TPSA) is 35.2 Å². The van der Waals surface area contributed by atoms with Crippen LogP contribution in [-0.2, 0) is 5.54 Å². The van der Waals surface area contributed by atoms with Crippen LogP contribution in [0.1, 0.15) is 29.2 Å². The largest absolute Gasteiger partial charge is 0.496 e. The number of aryl methyl sites for hydroxylation is 2. The first-order valence-corrected chi connectivity index (χ1v) is 6.47. The zero-order valence-corrected chi connectivity index (χ0v) is 12.0. The SMILES string of the molecule is COc1ccccc1C(C)(N)c1ccc(C)cc1C. The van der Waals surface area contributed by atoms with E-state index in [1.807, 2.05) is 31.2 Å². The zero-order valence-electron chi connectivity index (χ0n) is 12.0. The monoisotopic (exact) mass is 255 g/mol. The van der Waals surface area contributed by atoms with E-state index in [1.165, 1.54) is 11.1 Å². The Kier molecular flexibility index (Phi) is 3.63. The molecule has 2 heteroatoms. The van der Waals surface area contributed by atoms with E-state index >= 15 is 0 Å². The van der Waals surface area contributed by atoms with Crippen molar-refractivity contribution in [3.8, 4) is 5.75 Å². The maximum Gasteiger partial charge on any atom is 0.124 e. The normalized spacial score (nSPS) is 13.9. The van der Waals surface area contributed by atoms with Crippen LogP contribution in [0.25, 0.3) is 0 Å². The number of benzene rings is 2. The molecule has 0 saturated carbocycles. The molecule has 2 N–H and O–H groups in total. The highest BCUT2D eigenvalue weighted by atomic mass is 16.5. The van der Waals surface area contributed by atoms with Gasteiger partial charge in [0.2, 0.25) is 0 Å². The first-order chi connectivity index (χ1) is 8.96. The van der Waals surface area contributed by atoms with E-state index in [0.29, 0.717) is 0 Å². The van der Waals surface area contributed by atoms with E-state index in [-0.39, 0.29) is 0 Å². The third kappa shape index (κ3) is 2.49. The molecule has 0 aliphatic carbocycles. The molecule has 0 aliphatic heterocycles. The van der Waals surface area contributed by atoms with Gasteiger partial charge < -0.3 is 10.5 Å². The molecule has 0 heterocycles. The van der Waals surface area contributed by atoms with Gasteiger partial charge in [-0.15, -0.1) is 0 Å². The van der Waals surface area contributed by atoms with Crippen molar-refractivity contribution in [3.63, 3.8) is 0 Å². The lowest BCUT2D eigenvalue weighted by molar-refractivity contribution is 0.398. The molecule has 19 heavy (non-hydrogen) atoms. The summed E-state index contributed by atoms with van der Waals surface area (Å²) in [6.45, 7) is 6.22. The van der Waals surface area contributed by atoms with Gasteiger partial charge in [-0.25, -0.2) is 0 Å². The second-order valence-electron chi connectivity index (χ2n) is 5.22. The summed E-state index contributed by atoms with van der Waals surface area (Å²) in [5.74, 6) is 0.826. The van der Waals surface area contributed by atoms with E-state index in [1.54, 1.807) is 7.11 Å². The number of rotatable bonds is 3. The number of hydrogen-bond donors (Lipinski definition) is 1. The van der Waals surface area contributed by atoms with Gasteiger partial charge in [-0.3, -0.25) is 0 Å². The van der Waals surface area contributed by atoms with Crippen LogP contribution in [0.5, 0.6) is 5.75 Å². The quantitative estimate of drug-likeness (QED) is 0.910. The van der Waals surface area contributed by atoms with Crippen LogP contribution in [0.15, 0.2) is 42.5 Å². The summed E-state index contributed by atoms with van der Waals surface area (Å²) in [7, 11) is 1.68.